The number of amides is 2. The van der Waals surface area contributed by atoms with Gasteiger partial charge in [-0.1, -0.05) is 6.07 Å². The van der Waals surface area contributed by atoms with E-state index >= 15 is 0 Å². The van der Waals surface area contributed by atoms with Crippen LogP contribution in [0, 0.1) is 0 Å². The molecule has 0 saturated heterocycles. The van der Waals surface area contributed by atoms with Crippen molar-refractivity contribution in [1.82, 2.24) is 4.72 Å². The molecule has 3 aromatic rings. The summed E-state index contributed by atoms with van der Waals surface area (Å²) in [6.45, 7) is 1.94. The molecule has 1 aromatic heterocycles. The Bertz CT molecular complexity index is 1240. The standard InChI is InChI=1S/C22H21N3O5S2/c1-14-21(26)25-19-13-16(6-9-20(19)30-14)24-22(27)15-4-7-18(8-5-15)32(28,29)23-11-10-17-3-2-12-31-17/h2-9,12-14,23H,10-11H2,1H3,(H,24,27)(H,25,26). The highest BCUT2D eigenvalue weighted by atomic mass is 32.2. The number of fused-ring (bicyclic) bond motifs is 1. The Balaban J connectivity index is 1.39. The Kier molecular flexibility index (Phi) is 6.26. The van der Waals surface area contributed by atoms with E-state index in [1.165, 1.54) is 24.3 Å². The fourth-order valence-corrected chi connectivity index (χ4v) is 4.86. The number of carbonyl (C=O) groups excluding carboxylic acids is 2. The smallest absolute Gasteiger partial charge is 0.265 e. The van der Waals surface area contributed by atoms with Crippen molar-refractivity contribution in [2.24, 2.45) is 0 Å². The summed E-state index contributed by atoms with van der Waals surface area (Å²) in [5.41, 5.74) is 1.24. The van der Waals surface area contributed by atoms with E-state index in [1.807, 2.05) is 17.5 Å². The van der Waals surface area contributed by atoms with Crippen LogP contribution >= 0.6 is 11.3 Å². The molecular formula is C22H21N3O5S2. The summed E-state index contributed by atoms with van der Waals surface area (Å²) in [5, 5.41) is 7.40. The van der Waals surface area contributed by atoms with Crippen LogP contribution in [0.5, 0.6) is 5.75 Å². The van der Waals surface area contributed by atoms with Crippen molar-refractivity contribution < 1.29 is 22.7 Å². The number of carbonyl (C=O) groups is 2. The predicted octanol–water partition coefficient (Wildman–Crippen LogP) is 3.24. The van der Waals surface area contributed by atoms with Crippen molar-refractivity contribution in [3.63, 3.8) is 0 Å². The second kappa shape index (κ2) is 9.11. The Morgan fingerprint density at radius 1 is 1.16 bits per heavy atom. The van der Waals surface area contributed by atoms with Crippen LogP contribution in [0.15, 0.2) is 64.9 Å². The van der Waals surface area contributed by atoms with E-state index < -0.39 is 22.0 Å². The summed E-state index contributed by atoms with van der Waals surface area (Å²) in [6.07, 6.45) is 0.0330. The van der Waals surface area contributed by atoms with Gasteiger partial charge in [0.25, 0.3) is 11.8 Å². The van der Waals surface area contributed by atoms with Crippen LogP contribution in [-0.2, 0) is 21.2 Å². The van der Waals surface area contributed by atoms with E-state index in [9.17, 15) is 18.0 Å². The minimum absolute atomic E-state index is 0.0861. The minimum Gasteiger partial charge on any atom is -0.479 e. The molecule has 166 valence electrons. The lowest BCUT2D eigenvalue weighted by Gasteiger charge is -2.23. The topological polar surface area (TPSA) is 114 Å². The number of anilines is 2. The van der Waals surface area contributed by atoms with Crippen molar-refractivity contribution in [2.75, 3.05) is 17.2 Å². The van der Waals surface area contributed by atoms with Crippen molar-refractivity contribution in [1.29, 1.82) is 0 Å². The molecule has 1 aliphatic rings. The molecule has 0 radical (unpaired) electrons. The number of ether oxygens (including phenoxy) is 1. The van der Waals surface area contributed by atoms with Gasteiger partial charge in [0.1, 0.15) is 5.75 Å². The number of rotatable bonds is 7. The molecule has 1 unspecified atom stereocenters. The molecule has 0 fully saturated rings. The van der Waals surface area contributed by atoms with Crippen molar-refractivity contribution in [3.8, 4) is 5.75 Å². The lowest BCUT2D eigenvalue weighted by molar-refractivity contribution is -0.122. The Labute approximate surface area is 189 Å². The molecule has 1 atom stereocenters. The molecule has 8 nitrogen and oxygen atoms in total. The van der Waals surface area contributed by atoms with Gasteiger partial charge in [-0.3, -0.25) is 9.59 Å². The molecule has 0 aliphatic carbocycles. The van der Waals surface area contributed by atoms with Crippen molar-refractivity contribution >= 4 is 44.5 Å². The highest BCUT2D eigenvalue weighted by Gasteiger charge is 2.23. The third-order valence-corrected chi connectivity index (χ3v) is 7.25. The van der Waals surface area contributed by atoms with E-state index in [-0.39, 0.29) is 10.8 Å². The fraction of sp³-hybridized carbons (Fsp3) is 0.182. The van der Waals surface area contributed by atoms with Gasteiger partial charge >= 0.3 is 0 Å². The summed E-state index contributed by atoms with van der Waals surface area (Å²) < 4.78 is 33.0. The van der Waals surface area contributed by atoms with Gasteiger partial charge in [-0.2, -0.15) is 0 Å². The minimum atomic E-state index is -3.67. The van der Waals surface area contributed by atoms with Crippen LogP contribution < -0.4 is 20.1 Å². The number of hydrogen-bond donors (Lipinski definition) is 3. The number of sulfonamides is 1. The van der Waals surface area contributed by atoms with Crippen LogP contribution in [0.1, 0.15) is 22.2 Å². The average molecular weight is 472 g/mol. The van der Waals surface area contributed by atoms with E-state index in [0.717, 1.165) is 4.88 Å². The number of nitrogens with one attached hydrogen (secondary N) is 3. The maximum atomic E-state index is 12.6. The lowest BCUT2D eigenvalue weighted by atomic mass is 10.2. The van der Waals surface area contributed by atoms with Crippen molar-refractivity contribution in [2.45, 2.75) is 24.3 Å². The monoisotopic (exact) mass is 471 g/mol. The molecule has 3 N–H and O–H groups in total. The third kappa shape index (κ3) is 4.98. The van der Waals surface area contributed by atoms with Gasteiger partial charge in [-0.25, -0.2) is 13.1 Å². The lowest BCUT2D eigenvalue weighted by Crippen LogP contribution is -2.34. The maximum absolute atomic E-state index is 12.6. The second-order valence-corrected chi connectivity index (χ2v) is 9.97. The molecule has 32 heavy (non-hydrogen) atoms. The molecular weight excluding hydrogens is 450 g/mol. The van der Waals surface area contributed by atoms with Crippen LogP contribution in [-0.4, -0.2) is 32.9 Å². The van der Waals surface area contributed by atoms with Crippen LogP contribution in [0.2, 0.25) is 0 Å². The van der Waals surface area contributed by atoms with Crippen molar-refractivity contribution in [3.05, 3.63) is 70.4 Å². The number of hydrogen-bond acceptors (Lipinski definition) is 6. The van der Waals surface area contributed by atoms with E-state index in [1.54, 1.807) is 36.5 Å². The molecule has 10 heteroatoms. The Morgan fingerprint density at radius 3 is 2.66 bits per heavy atom. The van der Waals surface area contributed by atoms with Crippen LogP contribution in [0.25, 0.3) is 0 Å². The normalized spacial score (nSPS) is 15.4. The summed E-state index contributed by atoms with van der Waals surface area (Å²) in [6, 6.07) is 14.5. The van der Waals surface area contributed by atoms with Crippen LogP contribution in [0.3, 0.4) is 0 Å². The van der Waals surface area contributed by atoms with E-state index in [4.69, 9.17) is 4.74 Å². The molecule has 0 saturated carbocycles. The zero-order chi connectivity index (χ0) is 22.7. The first-order valence-corrected chi connectivity index (χ1v) is 12.2. The third-order valence-electron chi connectivity index (χ3n) is 4.84. The first-order valence-electron chi connectivity index (χ1n) is 9.87. The van der Waals surface area contributed by atoms with Gasteiger partial charge in [0.15, 0.2) is 6.10 Å². The van der Waals surface area contributed by atoms with Gasteiger partial charge < -0.3 is 15.4 Å². The van der Waals surface area contributed by atoms with Gasteiger partial charge in [0, 0.05) is 22.7 Å². The number of benzene rings is 2. The molecule has 1 aliphatic heterocycles. The van der Waals surface area contributed by atoms with E-state index in [0.29, 0.717) is 35.7 Å². The zero-order valence-electron chi connectivity index (χ0n) is 17.1. The van der Waals surface area contributed by atoms with Crippen LogP contribution in [0.4, 0.5) is 11.4 Å². The molecule has 4 rings (SSSR count). The number of thiophene rings is 1. The largest absolute Gasteiger partial charge is 0.479 e. The molecule has 2 amide bonds. The summed E-state index contributed by atoms with van der Waals surface area (Å²) in [7, 11) is -3.67. The Morgan fingerprint density at radius 2 is 1.94 bits per heavy atom. The zero-order valence-corrected chi connectivity index (χ0v) is 18.8. The van der Waals surface area contributed by atoms with Gasteiger partial charge in [-0.05, 0) is 67.3 Å². The second-order valence-electron chi connectivity index (χ2n) is 7.17. The van der Waals surface area contributed by atoms with E-state index in [2.05, 4.69) is 15.4 Å². The highest BCUT2D eigenvalue weighted by Crippen LogP contribution is 2.32. The Hall–Kier alpha value is -3.21. The quantitative estimate of drug-likeness (QED) is 0.490. The van der Waals surface area contributed by atoms with Gasteiger partial charge in [0.2, 0.25) is 10.0 Å². The predicted molar refractivity (Wildman–Crippen MR) is 123 cm³/mol. The molecule has 0 spiro atoms. The first-order chi connectivity index (χ1) is 15.3. The van der Waals surface area contributed by atoms with Gasteiger partial charge in [0.05, 0.1) is 10.6 Å². The summed E-state index contributed by atoms with van der Waals surface area (Å²) in [5.74, 6) is -0.144. The molecule has 2 aromatic carbocycles. The summed E-state index contributed by atoms with van der Waals surface area (Å²) in [4.78, 5) is 25.5. The summed E-state index contributed by atoms with van der Waals surface area (Å²) >= 11 is 1.58. The molecule has 2 heterocycles. The SMILES string of the molecule is CC1Oc2ccc(NC(=O)c3ccc(S(=O)(=O)NCCc4cccs4)cc3)cc2NC1=O. The first kappa shape index (κ1) is 22.0. The average Bonchev–Trinajstić information content (AvgIpc) is 3.28. The van der Waals surface area contributed by atoms with Gasteiger partial charge in [-0.15, -0.1) is 11.3 Å². The maximum Gasteiger partial charge on any atom is 0.265 e. The molecule has 0 bridgehead atoms. The highest BCUT2D eigenvalue weighted by molar-refractivity contribution is 7.89. The fourth-order valence-electron chi connectivity index (χ4n) is 3.12.